The molecule has 1 aliphatic heterocycles. The summed E-state index contributed by atoms with van der Waals surface area (Å²) < 4.78 is 20.2. The Morgan fingerprint density at radius 1 is 1.29 bits per heavy atom. The number of rotatable bonds is 5. The molecule has 1 saturated carbocycles. The van der Waals surface area contributed by atoms with Gasteiger partial charge in [0.05, 0.1) is 31.0 Å². The van der Waals surface area contributed by atoms with E-state index in [0.717, 1.165) is 12.8 Å². The molecule has 0 unspecified atom stereocenters. The molecule has 4 rings (SSSR count). The second kappa shape index (κ2) is 7.98. The van der Waals surface area contributed by atoms with Gasteiger partial charge in [0.25, 0.3) is 5.88 Å². The number of carbonyl (C=O) groups excluding carboxylic acids is 1. The summed E-state index contributed by atoms with van der Waals surface area (Å²) in [5, 5.41) is 4.98. The molecule has 1 atom stereocenters. The molecule has 2 aromatic heterocycles. The minimum absolute atomic E-state index is 0.00574. The first-order chi connectivity index (χ1) is 14.6. The molecule has 1 fully saturated rings. The van der Waals surface area contributed by atoms with Gasteiger partial charge in [0.1, 0.15) is 22.4 Å². The Morgan fingerprint density at radius 2 is 2.00 bits per heavy atom. The van der Waals surface area contributed by atoms with Gasteiger partial charge in [-0.3, -0.25) is 9.48 Å². The van der Waals surface area contributed by atoms with Crippen LogP contribution < -0.4 is 10.2 Å². The molecule has 0 N–H and O–H groups in total. The van der Waals surface area contributed by atoms with Crippen molar-refractivity contribution in [3.63, 3.8) is 0 Å². The predicted octanol–water partition coefficient (Wildman–Crippen LogP) is 3.70. The molecule has 0 aromatic carbocycles. The second-order valence-electron chi connectivity index (χ2n) is 9.16. The lowest BCUT2D eigenvalue weighted by atomic mass is 9.85. The molecule has 3 heterocycles. The van der Waals surface area contributed by atoms with E-state index in [-0.39, 0.29) is 35.8 Å². The van der Waals surface area contributed by atoms with Crippen molar-refractivity contribution in [2.75, 3.05) is 13.7 Å². The fourth-order valence-electron chi connectivity index (χ4n) is 4.14. The Kier molecular flexibility index (Phi) is 5.64. The maximum absolute atomic E-state index is 12.8. The number of ether oxygens (including phenoxy) is 3. The average Bonchev–Trinajstić information content (AvgIpc) is 2.98. The highest BCUT2D eigenvalue weighted by Gasteiger charge is 2.38. The summed E-state index contributed by atoms with van der Waals surface area (Å²) in [6.07, 6.45) is 3.38. The third-order valence-corrected chi connectivity index (χ3v) is 6.37. The van der Waals surface area contributed by atoms with Gasteiger partial charge in [-0.2, -0.15) is 0 Å². The smallest absolute Gasteiger partial charge is 0.343 e. The Balaban J connectivity index is 1.78. The van der Waals surface area contributed by atoms with Crippen molar-refractivity contribution in [2.45, 2.75) is 65.3 Å². The lowest BCUT2D eigenvalue weighted by Crippen LogP contribution is -2.39. The molecule has 2 aliphatic rings. The number of pyridine rings is 1. The van der Waals surface area contributed by atoms with Crippen LogP contribution in [0.25, 0.3) is 11.4 Å². The van der Waals surface area contributed by atoms with Crippen molar-refractivity contribution in [3.8, 4) is 17.3 Å². The molecule has 168 valence electrons. The minimum atomic E-state index is -0.623. The van der Waals surface area contributed by atoms with E-state index < -0.39 is 11.4 Å². The zero-order valence-electron chi connectivity index (χ0n) is 18.5. The molecule has 0 amide bonds. The van der Waals surface area contributed by atoms with E-state index in [2.05, 4.69) is 25.9 Å². The molecular formula is C22H28ClN3O5. The fourth-order valence-corrected chi connectivity index (χ4v) is 4.41. The van der Waals surface area contributed by atoms with E-state index in [4.69, 9.17) is 25.8 Å². The van der Waals surface area contributed by atoms with Gasteiger partial charge in [-0.25, -0.2) is 4.79 Å². The predicted molar refractivity (Wildman–Crippen MR) is 116 cm³/mol. The Labute approximate surface area is 186 Å². The van der Waals surface area contributed by atoms with Crippen molar-refractivity contribution < 1.29 is 19.0 Å². The van der Waals surface area contributed by atoms with E-state index in [9.17, 15) is 9.59 Å². The number of carbonyl (C=O) groups is 1. The van der Waals surface area contributed by atoms with Crippen LogP contribution in [0.4, 0.5) is 0 Å². The maximum atomic E-state index is 12.8. The number of halogens is 1. The largest absolute Gasteiger partial charge is 0.472 e. The first-order valence-electron chi connectivity index (χ1n) is 10.5. The summed E-state index contributed by atoms with van der Waals surface area (Å²) >= 11 is 6.69. The number of fused-ring (bicyclic) bond motifs is 3. The Morgan fingerprint density at radius 3 is 2.61 bits per heavy atom. The van der Waals surface area contributed by atoms with E-state index in [1.165, 1.54) is 6.07 Å². The van der Waals surface area contributed by atoms with Gasteiger partial charge in [-0.15, -0.1) is 5.10 Å². The molecule has 8 nitrogen and oxygen atoms in total. The van der Waals surface area contributed by atoms with Crippen molar-refractivity contribution >= 4 is 17.6 Å². The van der Waals surface area contributed by atoms with Crippen LogP contribution in [0.1, 0.15) is 56.9 Å². The second-order valence-corrected chi connectivity index (χ2v) is 9.54. The number of esters is 1. The lowest BCUT2D eigenvalue weighted by Gasteiger charge is -2.38. The fraction of sp³-hybridized carbons (Fsp3) is 0.591. The van der Waals surface area contributed by atoms with Crippen molar-refractivity contribution in [1.29, 1.82) is 0 Å². The van der Waals surface area contributed by atoms with Gasteiger partial charge in [0.2, 0.25) is 0 Å². The summed E-state index contributed by atoms with van der Waals surface area (Å²) in [5.74, 6) is -0.262. The molecule has 2 aromatic rings. The van der Waals surface area contributed by atoms with Crippen molar-refractivity contribution in [2.24, 2.45) is 5.41 Å². The Hall–Kier alpha value is -2.32. The Bertz CT molecular complexity index is 1060. The van der Waals surface area contributed by atoms with E-state index >= 15 is 0 Å². The molecule has 9 heteroatoms. The highest BCUT2D eigenvalue weighted by molar-refractivity contribution is 6.34. The molecule has 1 aliphatic carbocycles. The summed E-state index contributed by atoms with van der Waals surface area (Å²) in [6, 6.07) is 1.38. The maximum Gasteiger partial charge on any atom is 0.343 e. The van der Waals surface area contributed by atoms with Crippen LogP contribution in [0.3, 0.4) is 0 Å². The molecule has 0 spiro atoms. The minimum Gasteiger partial charge on any atom is -0.472 e. The zero-order valence-corrected chi connectivity index (χ0v) is 19.2. The summed E-state index contributed by atoms with van der Waals surface area (Å²) in [6.45, 7) is 8.77. The topological polar surface area (TPSA) is 84.6 Å². The monoisotopic (exact) mass is 449 g/mol. The highest BCUT2D eigenvalue weighted by atomic mass is 35.5. The number of aromatic nitrogens is 3. The van der Waals surface area contributed by atoms with Crippen molar-refractivity contribution in [1.82, 2.24) is 14.3 Å². The standard InChI is InChI=1S/C22H28ClN3O5/c1-6-30-21(28)14-10-25-15(9-16(14)27)19-18(23)20(31-13-7-12(8-13)29-5)24-26(19)11-17(25)22(2,3)4/h9-10,12-13,17H,6-8,11H2,1-5H3/t12-,13+,17-/m0/s1. The third-order valence-electron chi connectivity index (χ3n) is 6.03. The summed E-state index contributed by atoms with van der Waals surface area (Å²) in [4.78, 5) is 25.1. The SMILES string of the molecule is CCOC(=O)c1cn2c(cc1=O)-c1c(Cl)c(O[C@H]3C[C@@H](OC)C3)nn1C[C@H]2C(C)(C)C. The van der Waals surface area contributed by atoms with Gasteiger partial charge in [-0.05, 0) is 12.3 Å². The normalized spacial score (nSPS) is 22.3. The van der Waals surface area contributed by atoms with Crippen LogP contribution in [0.2, 0.25) is 5.02 Å². The molecule has 31 heavy (non-hydrogen) atoms. The number of methoxy groups -OCH3 is 1. The van der Waals surface area contributed by atoms with Gasteiger partial charge >= 0.3 is 5.97 Å². The van der Waals surface area contributed by atoms with Crippen LogP contribution in [0, 0.1) is 5.41 Å². The number of hydrogen-bond donors (Lipinski definition) is 0. The quantitative estimate of drug-likeness (QED) is 0.647. The van der Waals surface area contributed by atoms with Gasteiger partial charge in [-0.1, -0.05) is 32.4 Å². The average molecular weight is 450 g/mol. The van der Waals surface area contributed by atoms with Crippen LogP contribution >= 0.6 is 11.6 Å². The van der Waals surface area contributed by atoms with Crippen LogP contribution in [0.5, 0.6) is 5.88 Å². The molecule has 0 radical (unpaired) electrons. The van der Waals surface area contributed by atoms with E-state index in [0.29, 0.717) is 28.8 Å². The molecule has 0 saturated heterocycles. The molecular weight excluding hydrogens is 422 g/mol. The van der Waals surface area contributed by atoms with E-state index in [1.54, 1.807) is 24.9 Å². The van der Waals surface area contributed by atoms with Gasteiger partial charge < -0.3 is 18.8 Å². The zero-order chi connectivity index (χ0) is 22.5. The first-order valence-corrected chi connectivity index (χ1v) is 10.9. The highest BCUT2D eigenvalue weighted by Crippen LogP contribution is 2.45. The van der Waals surface area contributed by atoms with Gasteiger partial charge in [0, 0.05) is 32.2 Å². The van der Waals surface area contributed by atoms with Crippen molar-refractivity contribution in [3.05, 3.63) is 33.1 Å². The lowest BCUT2D eigenvalue weighted by molar-refractivity contribution is -0.0398. The third kappa shape index (κ3) is 3.87. The summed E-state index contributed by atoms with van der Waals surface area (Å²) in [5.41, 5.74) is 0.659. The number of hydrogen-bond acceptors (Lipinski definition) is 6. The van der Waals surface area contributed by atoms with Gasteiger partial charge in [0.15, 0.2) is 5.43 Å². The number of nitrogens with zero attached hydrogens (tertiary/aromatic N) is 3. The first kappa shape index (κ1) is 21.9. The van der Waals surface area contributed by atoms with Crippen LogP contribution in [-0.2, 0) is 16.0 Å². The van der Waals surface area contributed by atoms with E-state index in [1.807, 2.05) is 4.57 Å². The van der Waals surface area contributed by atoms with Crippen LogP contribution in [0.15, 0.2) is 17.1 Å². The van der Waals surface area contributed by atoms with Crippen LogP contribution in [-0.4, -0.2) is 46.2 Å². The summed E-state index contributed by atoms with van der Waals surface area (Å²) in [7, 11) is 1.69. The molecule has 0 bridgehead atoms.